The highest BCUT2D eigenvalue weighted by molar-refractivity contribution is 6.04. The monoisotopic (exact) mass is 351 g/mol. The molecular weight excluding hydrogens is 326 g/mol. The number of carbonyl (C=O) groups is 2. The van der Waals surface area contributed by atoms with Crippen molar-refractivity contribution >= 4 is 28.9 Å². The van der Waals surface area contributed by atoms with E-state index >= 15 is 0 Å². The zero-order valence-electron chi connectivity index (χ0n) is 15.7. The Bertz CT molecular complexity index is 866. The summed E-state index contributed by atoms with van der Waals surface area (Å²) in [5, 5.41) is 2.93. The van der Waals surface area contributed by atoms with E-state index in [4.69, 9.17) is 5.73 Å². The minimum atomic E-state index is -0.372. The maximum Gasteiger partial charge on any atom is 0.229 e. The first kappa shape index (κ1) is 18.0. The van der Waals surface area contributed by atoms with Gasteiger partial charge >= 0.3 is 0 Å². The predicted octanol–water partition coefficient (Wildman–Crippen LogP) is 3.49. The zero-order valence-corrected chi connectivity index (χ0v) is 15.7. The Kier molecular flexibility index (Phi) is 4.72. The van der Waals surface area contributed by atoms with Crippen molar-refractivity contribution < 1.29 is 9.59 Å². The molecular formula is C21H25N3O2. The van der Waals surface area contributed by atoms with Crippen LogP contribution in [-0.2, 0) is 9.59 Å². The van der Waals surface area contributed by atoms with Gasteiger partial charge < -0.3 is 16.0 Å². The SMILES string of the molecule is Cc1cc(C)c(N2CC(C(=O)Nc3cc(N)ccc3C)CC2=O)c(C)c1. The highest BCUT2D eigenvalue weighted by atomic mass is 16.2. The van der Waals surface area contributed by atoms with Crippen LogP contribution in [-0.4, -0.2) is 18.4 Å². The van der Waals surface area contributed by atoms with E-state index in [0.717, 1.165) is 22.4 Å². The third-order valence-corrected chi connectivity index (χ3v) is 4.92. The van der Waals surface area contributed by atoms with Gasteiger partial charge in [-0.3, -0.25) is 9.59 Å². The van der Waals surface area contributed by atoms with Gasteiger partial charge in [-0.15, -0.1) is 0 Å². The Morgan fingerprint density at radius 1 is 1.08 bits per heavy atom. The normalized spacial score (nSPS) is 16.8. The molecule has 1 saturated heterocycles. The molecule has 1 aliphatic rings. The molecule has 1 heterocycles. The minimum absolute atomic E-state index is 0.00972. The van der Waals surface area contributed by atoms with Crippen LogP contribution >= 0.6 is 0 Å². The van der Waals surface area contributed by atoms with Gasteiger partial charge in [0.1, 0.15) is 0 Å². The van der Waals surface area contributed by atoms with Crippen molar-refractivity contribution in [3.05, 3.63) is 52.6 Å². The molecule has 26 heavy (non-hydrogen) atoms. The number of nitrogens with one attached hydrogen (secondary N) is 1. The first-order chi connectivity index (χ1) is 12.3. The van der Waals surface area contributed by atoms with Crippen LogP contribution < -0.4 is 16.0 Å². The van der Waals surface area contributed by atoms with Crippen molar-refractivity contribution in [1.82, 2.24) is 0 Å². The average molecular weight is 351 g/mol. The quantitative estimate of drug-likeness (QED) is 0.831. The lowest BCUT2D eigenvalue weighted by Gasteiger charge is -2.22. The molecule has 5 nitrogen and oxygen atoms in total. The molecule has 136 valence electrons. The van der Waals surface area contributed by atoms with Crippen LogP contribution in [0, 0.1) is 33.6 Å². The molecule has 5 heteroatoms. The molecule has 0 aliphatic carbocycles. The molecule has 1 aliphatic heterocycles. The van der Waals surface area contributed by atoms with Gasteiger partial charge in [0.25, 0.3) is 0 Å². The topological polar surface area (TPSA) is 75.4 Å². The fourth-order valence-corrected chi connectivity index (χ4v) is 3.71. The molecule has 1 unspecified atom stereocenters. The van der Waals surface area contributed by atoms with E-state index in [9.17, 15) is 9.59 Å². The molecule has 0 bridgehead atoms. The molecule has 3 rings (SSSR count). The highest BCUT2D eigenvalue weighted by Crippen LogP contribution is 2.32. The molecule has 2 aromatic rings. The summed E-state index contributed by atoms with van der Waals surface area (Å²) in [6.45, 7) is 8.37. The maximum atomic E-state index is 12.7. The number of nitrogen functional groups attached to an aromatic ring is 1. The van der Waals surface area contributed by atoms with E-state index in [2.05, 4.69) is 17.4 Å². The van der Waals surface area contributed by atoms with Gasteiger partial charge in [0, 0.05) is 30.0 Å². The van der Waals surface area contributed by atoms with Crippen LogP contribution in [0.25, 0.3) is 0 Å². The van der Waals surface area contributed by atoms with E-state index in [1.165, 1.54) is 5.56 Å². The maximum absolute atomic E-state index is 12.7. The Hall–Kier alpha value is -2.82. The van der Waals surface area contributed by atoms with E-state index < -0.39 is 0 Å². The van der Waals surface area contributed by atoms with Crippen molar-refractivity contribution in [2.45, 2.75) is 34.1 Å². The summed E-state index contributed by atoms with van der Waals surface area (Å²) < 4.78 is 0. The van der Waals surface area contributed by atoms with Crippen LogP contribution in [0.3, 0.4) is 0 Å². The largest absolute Gasteiger partial charge is 0.399 e. The summed E-state index contributed by atoms with van der Waals surface area (Å²) in [7, 11) is 0. The second kappa shape index (κ2) is 6.83. The summed E-state index contributed by atoms with van der Waals surface area (Å²) in [5.74, 6) is -0.523. The van der Waals surface area contributed by atoms with Gasteiger partial charge in [0.2, 0.25) is 11.8 Å². The fourth-order valence-electron chi connectivity index (χ4n) is 3.71. The number of anilines is 3. The van der Waals surface area contributed by atoms with Crippen LogP contribution in [0.2, 0.25) is 0 Å². The standard InChI is InChI=1S/C21H25N3O2/c1-12-7-14(3)20(15(4)8-12)24-11-16(9-19(24)25)21(26)23-18-10-17(22)6-5-13(18)2/h5-8,10,16H,9,11,22H2,1-4H3,(H,23,26). The minimum Gasteiger partial charge on any atom is -0.399 e. The second-order valence-corrected chi connectivity index (χ2v) is 7.22. The molecule has 2 aromatic carbocycles. The fraction of sp³-hybridized carbons (Fsp3) is 0.333. The molecule has 3 N–H and O–H groups in total. The number of benzene rings is 2. The highest BCUT2D eigenvalue weighted by Gasteiger charge is 2.36. The van der Waals surface area contributed by atoms with E-state index in [0.29, 0.717) is 17.9 Å². The van der Waals surface area contributed by atoms with Crippen molar-refractivity contribution in [1.29, 1.82) is 0 Å². The molecule has 0 aromatic heterocycles. The van der Waals surface area contributed by atoms with Crippen molar-refractivity contribution in [2.24, 2.45) is 5.92 Å². The van der Waals surface area contributed by atoms with Crippen molar-refractivity contribution in [2.75, 3.05) is 22.5 Å². The van der Waals surface area contributed by atoms with E-state index in [1.807, 2.05) is 33.8 Å². The summed E-state index contributed by atoms with van der Waals surface area (Å²) in [5.41, 5.74) is 12.3. The Balaban J connectivity index is 1.79. The first-order valence-corrected chi connectivity index (χ1v) is 8.81. The number of nitrogens with two attached hydrogens (primary N) is 1. The Morgan fingerprint density at radius 3 is 2.38 bits per heavy atom. The van der Waals surface area contributed by atoms with Crippen LogP contribution in [0.5, 0.6) is 0 Å². The number of carbonyl (C=O) groups excluding carboxylic acids is 2. The van der Waals surface area contributed by atoms with Crippen LogP contribution in [0.1, 0.15) is 28.7 Å². The molecule has 0 saturated carbocycles. The Labute approximate surface area is 154 Å². The number of rotatable bonds is 3. The van der Waals surface area contributed by atoms with Crippen molar-refractivity contribution in [3.8, 4) is 0 Å². The lowest BCUT2D eigenvalue weighted by atomic mass is 10.0. The molecule has 1 atom stereocenters. The van der Waals surface area contributed by atoms with Gasteiger partial charge in [0.15, 0.2) is 0 Å². The third-order valence-electron chi connectivity index (χ3n) is 4.92. The number of hydrogen-bond donors (Lipinski definition) is 2. The lowest BCUT2D eigenvalue weighted by Crippen LogP contribution is -2.29. The molecule has 2 amide bonds. The number of hydrogen-bond acceptors (Lipinski definition) is 3. The smallest absolute Gasteiger partial charge is 0.229 e. The molecule has 0 spiro atoms. The number of nitrogens with zero attached hydrogens (tertiary/aromatic N) is 1. The summed E-state index contributed by atoms with van der Waals surface area (Å²) in [6.07, 6.45) is 0.222. The van der Waals surface area contributed by atoms with Crippen LogP contribution in [0.4, 0.5) is 17.1 Å². The Morgan fingerprint density at radius 2 is 1.73 bits per heavy atom. The molecule has 1 fully saturated rings. The first-order valence-electron chi connectivity index (χ1n) is 8.81. The average Bonchev–Trinajstić information content (AvgIpc) is 2.92. The number of aryl methyl sites for hydroxylation is 4. The molecule has 0 radical (unpaired) electrons. The lowest BCUT2D eigenvalue weighted by molar-refractivity contribution is -0.122. The second-order valence-electron chi connectivity index (χ2n) is 7.22. The third kappa shape index (κ3) is 3.43. The van der Waals surface area contributed by atoms with Gasteiger partial charge in [-0.1, -0.05) is 23.8 Å². The van der Waals surface area contributed by atoms with Gasteiger partial charge in [-0.05, 0) is 56.5 Å². The summed E-state index contributed by atoms with van der Waals surface area (Å²) in [6, 6.07) is 9.55. The van der Waals surface area contributed by atoms with Gasteiger partial charge in [-0.25, -0.2) is 0 Å². The van der Waals surface area contributed by atoms with Crippen LogP contribution in [0.15, 0.2) is 30.3 Å². The van der Waals surface area contributed by atoms with Gasteiger partial charge in [-0.2, -0.15) is 0 Å². The predicted molar refractivity (Wildman–Crippen MR) is 105 cm³/mol. The zero-order chi connectivity index (χ0) is 19.0. The van der Waals surface area contributed by atoms with Gasteiger partial charge in [0.05, 0.1) is 5.92 Å². The summed E-state index contributed by atoms with van der Waals surface area (Å²) in [4.78, 5) is 27.0. The van der Waals surface area contributed by atoms with Crippen molar-refractivity contribution in [3.63, 3.8) is 0 Å². The van der Waals surface area contributed by atoms with E-state index in [1.54, 1.807) is 17.0 Å². The van der Waals surface area contributed by atoms with E-state index in [-0.39, 0.29) is 24.2 Å². The number of amides is 2. The summed E-state index contributed by atoms with van der Waals surface area (Å²) >= 11 is 0.